The number of likely N-dealkylation sites (tertiary alicyclic amines) is 1. The fraction of sp³-hybridized carbons (Fsp3) is 0.448. The normalized spacial score (nSPS) is 27.5. The Bertz CT molecular complexity index is 1270. The summed E-state index contributed by atoms with van der Waals surface area (Å²) < 4.78 is 5.65. The molecule has 4 atom stereocenters. The van der Waals surface area contributed by atoms with Gasteiger partial charge in [0.15, 0.2) is 0 Å². The van der Waals surface area contributed by atoms with Gasteiger partial charge in [0.1, 0.15) is 18.2 Å². The van der Waals surface area contributed by atoms with Crippen LogP contribution in [0.4, 0.5) is 10.5 Å². The molecule has 2 aromatic carbocycles. The standard InChI is InChI=1S/C29H32N4O4/c1-4-33(27(36)37-17-20-10-6-5-7-11-20)29(15-23(29)19(2)3)26(35)32-18-28(14-21(32)16-30)22-12-8-9-13-24(22)31-25(28)34/h5-13,19,21,23H,4,14-15,17-18H2,1-3H3,(H,31,34)/t21-,23?,28-,29-/m0/s1. The van der Waals surface area contributed by atoms with Gasteiger partial charge >= 0.3 is 6.09 Å². The summed E-state index contributed by atoms with van der Waals surface area (Å²) in [6.07, 6.45) is 0.182. The molecule has 5 rings (SSSR count). The van der Waals surface area contributed by atoms with Gasteiger partial charge < -0.3 is 15.0 Å². The molecule has 8 nitrogen and oxygen atoms in total. The number of amides is 3. The zero-order valence-corrected chi connectivity index (χ0v) is 21.4. The molecular weight excluding hydrogens is 468 g/mol. The summed E-state index contributed by atoms with van der Waals surface area (Å²) in [5.41, 5.74) is 0.336. The number of fused-ring (bicyclic) bond motifs is 2. The van der Waals surface area contributed by atoms with Crippen molar-refractivity contribution in [2.45, 2.75) is 57.2 Å². The molecule has 2 heterocycles. The van der Waals surface area contributed by atoms with Crippen molar-refractivity contribution in [3.05, 3.63) is 65.7 Å². The van der Waals surface area contributed by atoms with Gasteiger partial charge in [-0.3, -0.25) is 14.5 Å². The van der Waals surface area contributed by atoms with Crippen LogP contribution in [0.15, 0.2) is 54.6 Å². The summed E-state index contributed by atoms with van der Waals surface area (Å²) in [6, 6.07) is 18.4. The SMILES string of the molecule is CCN(C(=O)OCc1ccccc1)[C@@]1(C(=O)N2C[C@]3(C[C@H]2C#N)C(=O)Nc2ccccc23)CC1C(C)C. The number of para-hydroxylation sites is 1. The summed E-state index contributed by atoms with van der Waals surface area (Å²) in [6.45, 7) is 6.42. The van der Waals surface area contributed by atoms with Gasteiger partial charge in [-0.05, 0) is 42.4 Å². The van der Waals surface area contributed by atoms with Crippen LogP contribution in [0.3, 0.4) is 0 Å². The summed E-state index contributed by atoms with van der Waals surface area (Å²) >= 11 is 0. The maximum atomic E-state index is 14.3. The molecule has 3 amide bonds. The number of carbonyl (C=O) groups excluding carboxylic acids is 3. The predicted molar refractivity (Wildman–Crippen MR) is 137 cm³/mol. The van der Waals surface area contributed by atoms with Crippen LogP contribution in [0.2, 0.25) is 0 Å². The monoisotopic (exact) mass is 500 g/mol. The van der Waals surface area contributed by atoms with Crippen molar-refractivity contribution >= 4 is 23.6 Å². The Morgan fingerprint density at radius 1 is 1.16 bits per heavy atom. The lowest BCUT2D eigenvalue weighted by Gasteiger charge is -2.35. The quantitative estimate of drug-likeness (QED) is 0.644. The van der Waals surface area contributed by atoms with Crippen molar-refractivity contribution < 1.29 is 19.1 Å². The third kappa shape index (κ3) is 3.85. The Balaban J connectivity index is 1.44. The van der Waals surface area contributed by atoms with Crippen molar-refractivity contribution in [3.8, 4) is 6.07 Å². The number of benzene rings is 2. The zero-order chi connectivity index (χ0) is 26.4. The molecule has 1 aliphatic carbocycles. The summed E-state index contributed by atoms with van der Waals surface area (Å²) in [5, 5.41) is 13.0. The van der Waals surface area contributed by atoms with E-state index in [1.807, 2.05) is 75.4 Å². The number of nitrogens with zero attached hydrogens (tertiary/aromatic N) is 3. The first-order valence-corrected chi connectivity index (χ1v) is 12.9. The van der Waals surface area contributed by atoms with Crippen LogP contribution in [-0.2, 0) is 26.3 Å². The van der Waals surface area contributed by atoms with E-state index in [4.69, 9.17) is 4.74 Å². The minimum absolute atomic E-state index is 0.0650. The van der Waals surface area contributed by atoms with Gasteiger partial charge in [-0.2, -0.15) is 5.26 Å². The van der Waals surface area contributed by atoms with Gasteiger partial charge in [0.05, 0.1) is 11.5 Å². The van der Waals surface area contributed by atoms with Crippen molar-refractivity contribution in [3.63, 3.8) is 0 Å². The number of anilines is 1. The van der Waals surface area contributed by atoms with Crippen LogP contribution in [-0.4, -0.2) is 52.4 Å². The molecule has 2 aliphatic heterocycles. The molecule has 192 valence electrons. The van der Waals surface area contributed by atoms with E-state index in [1.165, 1.54) is 9.80 Å². The van der Waals surface area contributed by atoms with Gasteiger partial charge in [0.25, 0.3) is 0 Å². The van der Waals surface area contributed by atoms with Crippen molar-refractivity contribution in [1.29, 1.82) is 5.26 Å². The van der Waals surface area contributed by atoms with E-state index < -0.39 is 23.1 Å². The number of hydrogen-bond acceptors (Lipinski definition) is 5. The van der Waals surface area contributed by atoms with Crippen LogP contribution in [0.5, 0.6) is 0 Å². The van der Waals surface area contributed by atoms with Crippen LogP contribution >= 0.6 is 0 Å². The molecule has 3 aliphatic rings. The van der Waals surface area contributed by atoms with Crippen LogP contribution < -0.4 is 5.32 Å². The molecule has 1 saturated heterocycles. The molecule has 1 N–H and O–H groups in total. The zero-order valence-electron chi connectivity index (χ0n) is 21.4. The molecule has 1 unspecified atom stereocenters. The molecule has 8 heteroatoms. The Kier molecular flexibility index (Phi) is 6.18. The highest BCUT2D eigenvalue weighted by Gasteiger charge is 2.69. The highest BCUT2D eigenvalue weighted by atomic mass is 16.6. The van der Waals surface area contributed by atoms with Gasteiger partial charge in [-0.15, -0.1) is 0 Å². The van der Waals surface area contributed by atoms with Crippen LogP contribution in [0, 0.1) is 23.2 Å². The number of ether oxygens (including phenoxy) is 1. The van der Waals surface area contributed by atoms with Crippen molar-refractivity contribution in [1.82, 2.24) is 9.80 Å². The minimum atomic E-state index is -1.09. The van der Waals surface area contributed by atoms with Gasteiger partial charge in [0.2, 0.25) is 11.8 Å². The lowest BCUT2D eigenvalue weighted by atomic mass is 9.80. The van der Waals surface area contributed by atoms with Crippen LogP contribution in [0.1, 0.15) is 44.7 Å². The second kappa shape index (κ2) is 9.22. The van der Waals surface area contributed by atoms with Crippen molar-refractivity contribution in [2.75, 3.05) is 18.4 Å². The molecule has 1 saturated carbocycles. The molecular formula is C29H32N4O4. The molecule has 0 radical (unpaired) electrons. The maximum Gasteiger partial charge on any atom is 0.411 e. The van der Waals surface area contributed by atoms with E-state index in [9.17, 15) is 19.6 Å². The highest BCUT2D eigenvalue weighted by Crippen LogP contribution is 2.56. The van der Waals surface area contributed by atoms with Gasteiger partial charge in [0, 0.05) is 25.2 Å². The Morgan fingerprint density at radius 3 is 2.51 bits per heavy atom. The number of likely N-dealkylation sites (N-methyl/N-ethyl adjacent to an activating group) is 1. The molecule has 37 heavy (non-hydrogen) atoms. The maximum absolute atomic E-state index is 14.3. The smallest absolute Gasteiger partial charge is 0.411 e. The molecule has 2 aromatic rings. The lowest BCUT2D eigenvalue weighted by molar-refractivity contribution is -0.139. The second-order valence-electron chi connectivity index (χ2n) is 10.6. The first-order valence-electron chi connectivity index (χ1n) is 12.9. The largest absolute Gasteiger partial charge is 0.445 e. The number of nitrogens with one attached hydrogen (secondary N) is 1. The average molecular weight is 501 g/mol. The second-order valence-corrected chi connectivity index (χ2v) is 10.6. The average Bonchev–Trinajstić information content (AvgIpc) is 3.44. The Hall–Kier alpha value is -3.86. The summed E-state index contributed by atoms with van der Waals surface area (Å²) in [7, 11) is 0. The van der Waals surface area contributed by atoms with E-state index in [2.05, 4.69) is 11.4 Å². The van der Waals surface area contributed by atoms with Gasteiger partial charge in [-0.25, -0.2) is 4.79 Å². The number of nitriles is 1. The third-order valence-electron chi connectivity index (χ3n) is 8.28. The van der Waals surface area contributed by atoms with E-state index in [1.54, 1.807) is 0 Å². The number of rotatable bonds is 6. The van der Waals surface area contributed by atoms with Crippen molar-refractivity contribution in [2.24, 2.45) is 11.8 Å². The van der Waals surface area contributed by atoms with Crippen LogP contribution in [0.25, 0.3) is 0 Å². The van der Waals surface area contributed by atoms with E-state index >= 15 is 0 Å². The first kappa shape index (κ1) is 24.8. The lowest BCUT2D eigenvalue weighted by Crippen LogP contribution is -2.56. The number of hydrogen-bond donors (Lipinski definition) is 1. The molecule has 0 aromatic heterocycles. The fourth-order valence-electron chi connectivity index (χ4n) is 6.32. The molecule has 2 fully saturated rings. The summed E-state index contributed by atoms with van der Waals surface area (Å²) in [4.78, 5) is 44.0. The van der Waals surface area contributed by atoms with Gasteiger partial charge in [-0.1, -0.05) is 62.4 Å². The van der Waals surface area contributed by atoms with E-state index in [0.29, 0.717) is 13.0 Å². The van der Waals surface area contributed by atoms with E-state index in [-0.39, 0.29) is 43.2 Å². The Morgan fingerprint density at radius 2 is 1.86 bits per heavy atom. The Labute approximate surface area is 217 Å². The molecule has 0 bridgehead atoms. The number of carbonyl (C=O) groups is 3. The predicted octanol–water partition coefficient (Wildman–Crippen LogP) is 4.07. The first-order chi connectivity index (χ1) is 17.8. The summed E-state index contributed by atoms with van der Waals surface area (Å²) in [5.74, 6) is -0.383. The molecule has 1 spiro atoms. The third-order valence-corrected chi connectivity index (χ3v) is 8.28. The fourth-order valence-corrected chi connectivity index (χ4v) is 6.32. The van der Waals surface area contributed by atoms with E-state index in [0.717, 1.165) is 16.8 Å². The highest BCUT2D eigenvalue weighted by molar-refractivity contribution is 6.07. The minimum Gasteiger partial charge on any atom is -0.445 e. The topological polar surface area (TPSA) is 103 Å².